The van der Waals surface area contributed by atoms with Crippen molar-refractivity contribution in [1.82, 2.24) is 0 Å². The molecule has 0 aliphatic rings. The summed E-state index contributed by atoms with van der Waals surface area (Å²) in [6, 6.07) is 0. The number of hydrogen-bond donors (Lipinski definition) is 0. The Labute approximate surface area is 82.5 Å². The Kier molecular flexibility index (Phi) is 10.6. The van der Waals surface area contributed by atoms with Crippen molar-refractivity contribution < 1.29 is 14.2 Å². The summed E-state index contributed by atoms with van der Waals surface area (Å²) in [5, 5.41) is 0. The van der Waals surface area contributed by atoms with Gasteiger partial charge in [0.25, 0.3) is 0 Å². The Bertz CT molecular complexity index is 81.8. The maximum atomic E-state index is 5.07. The van der Waals surface area contributed by atoms with Crippen LogP contribution in [0.1, 0.15) is 0 Å². The first-order valence-electron chi connectivity index (χ1n) is 4.54. The molecule has 0 bridgehead atoms. The quantitative estimate of drug-likeness (QED) is 0.536. The highest BCUT2D eigenvalue weighted by atomic mass is 31.1. The number of rotatable bonds is 9. The molecule has 0 saturated heterocycles. The van der Waals surface area contributed by atoms with E-state index in [0.717, 1.165) is 19.8 Å². The lowest BCUT2D eigenvalue weighted by Gasteiger charge is -2.16. The van der Waals surface area contributed by atoms with Crippen LogP contribution in [0, 0.1) is 0 Å². The second kappa shape index (κ2) is 10.4. The van der Waals surface area contributed by atoms with Gasteiger partial charge in [-0.2, -0.15) is 0 Å². The molecule has 0 aromatic carbocycles. The SMILES string of the molecule is COCCP(CCOC)CCOC. The van der Waals surface area contributed by atoms with Gasteiger partial charge in [0.05, 0.1) is 19.8 Å². The largest absolute Gasteiger partial charge is 0.384 e. The van der Waals surface area contributed by atoms with Crippen molar-refractivity contribution in [1.29, 1.82) is 0 Å². The fourth-order valence-electron chi connectivity index (χ4n) is 0.997. The van der Waals surface area contributed by atoms with Crippen LogP contribution < -0.4 is 0 Å². The Balaban J connectivity index is 3.47. The first kappa shape index (κ1) is 13.3. The summed E-state index contributed by atoms with van der Waals surface area (Å²) in [6.07, 6.45) is 3.50. The average Bonchev–Trinajstić information content (AvgIpc) is 2.17. The van der Waals surface area contributed by atoms with Crippen LogP contribution in [0.4, 0.5) is 0 Å². The zero-order chi connectivity index (χ0) is 9.94. The first-order chi connectivity index (χ1) is 6.35. The first-order valence-corrected chi connectivity index (χ1v) is 6.44. The normalized spacial score (nSPS) is 11.1. The number of hydrogen-bond acceptors (Lipinski definition) is 3. The van der Waals surface area contributed by atoms with Gasteiger partial charge in [0.15, 0.2) is 0 Å². The zero-order valence-electron chi connectivity index (χ0n) is 8.91. The highest BCUT2D eigenvalue weighted by Crippen LogP contribution is 2.33. The third-order valence-corrected chi connectivity index (χ3v) is 4.28. The van der Waals surface area contributed by atoms with Crippen molar-refractivity contribution in [3.63, 3.8) is 0 Å². The molecule has 0 radical (unpaired) electrons. The van der Waals surface area contributed by atoms with Crippen molar-refractivity contribution in [2.75, 3.05) is 59.6 Å². The van der Waals surface area contributed by atoms with Crippen LogP contribution in [-0.2, 0) is 14.2 Å². The molecule has 0 fully saturated rings. The second-order valence-electron chi connectivity index (χ2n) is 2.82. The lowest BCUT2D eigenvalue weighted by atomic mass is 10.8. The molecule has 0 aliphatic heterocycles. The molecule has 13 heavy (non-hydrogen) atoms. The van der Waals surface area contributed by atoms with E-state index in [-0.39, 0.29) is 7.92 Å². The van der Waals surface area contributed by atoms with Crippen molar-refractivity contribution in [3.8, 4) is 0 Å². The Morgan fingerprint density at radius 2 is 1.00 bits per heavy atom. The summed E-state index contributed by atoms with van der Waals surface area (Å²) < 4.78 is 15.2. The summed E-state index contributed by atoms with van der Waals surface area (Å²) in [4.78, 5) is 0. The molecule has 0 aromatic rings. The van der Waals surface area contributed by atoms with E-state index < -0.39 is 0 Å². The van der Waals surface area contributed by atoms with E-state index >= 15 is 0 Å². The van der Waals surface area contributed by atoms with Crippen molar-refractivity contribution in [3.05, 3.63) is 0 Å². The third-order valence-electron chi connectivity index (χ3n) is 1.83. The van der Waals surface area contributed by atoms with Gasteiger partial charge < -0.3 is 14.2 Å². The molecule has 4 heteroatoms. The van der Waals surface area contributed by atoms with Gasteiger partial charge in [0.2, 0.25) is 0 Å². The number of ether oxygens (including phenoxy) is 3. The summed E-state index contributed by atoms with van der Waals surface area (Å²) in [5.74, 6) is 0. The molecule has 3 nitrogen and oxygen atoms in total. The summed E-state index contributed by atoms with van der Waals surface area (Å²) >= 11 is 0. The molecule has 0 N–H and O–H groups in total. The van der Waals surface area contributed by atoms with E-state index in [1.165, 1.54) is 18.5 Å². The Morgan fingerprint density at radius 1 is 0.692 bits per heavy atom. The number of methoxy groups -OCH3 is 3. The molecule has 0 saturated carbocycles. The fraction of sp³-hybridized carbons (Fsp3) is 1.00. The molecule has 80 valence electrons. The van der Waals surface area contributed by atoms with E-state index in [1.807, 2.05) is 0 Å². The predicted molar refractivity (Wildman–Crippen MR) is 57.1 cm³/mol. The van der Waals surface area contributed by atoms with Crippen molar-refractivity contribution in [2.45, 2.75) is 0 Å². The van der Waals surface area contributed by atoms with Crippen LogP contribution in [-0.4, -0.2) is 59.6 Å². The third kappa shape index (κ3) is 8.63. The van der Waals surface area contributed by atoms with Crippen molar-refractivity contribution >= 4 is 7.92 Å². The average molecular weight is 208 g/mol. The lowest BCUT2D eigenvalue weighted by Crippen LogP contribution is -2.07. The monoisotopic (exact) mass is 208 g/mol. The standard InChI is InChI=1S/C9H21O3P/c1-10-4-7-13(8-5-11-2)9-6-12-3/h4-9H2,1-3H3. The minimum atomic E-state index is 0.0467. The van der Waals surface area contributed by atoms with E-state index in [9.17, 15) is 0 Å². The minimum absolute atomic E-state index is 0.0467. The Morgan fingerprint density at radius 3 is 1.23 bits per heavy atom. The Hall–Kier alpha value is 0.310. The van der Waals surface area contributed by atoms with E-state index in [1.54, 1.807) is 21.3 Å². The lowest BCUT2D eigenvalue weighted by molar-refractivity contribution is 0.209. The fourth-order valence-corrected chi connectivity index (χ4v) is 2.99. The van der Waals surface area contributed by atoms with Gasteiger partial charge in [-0.15, -0.1) is 0 Å². The van der Waals surface area contributed by atoms with Gasteiger partial charge in [-0.1, -0.05) is 7.92 Å². The van der Waals surface area contributed by atoms with Crippen LogP contribution in [0.15, 0.2) is 0 Å². The zero-order valence-corrected chi connectivity index (χ0v) is 9.81. The van der Waals surface area contributed by atoms with Gasteiger partial charge in [-0.3, -0.25) is 0 Å². The highest BCUT2D eigenvalue weighted by molar-refractivity contribution is 7.57. The molecule has 0 heterocycles. The summed E-state index contributed by atoms with van der Waals surface area (Å²) in [5.41, 5.74) is 0. The maximum absolute atomic E-state index is 5.07. The smallest absolute Gasteiger partial charge is 0.0501 e. The molecule has 0 unspecified atom stereocenters. The topological polar surface area (TPSA) is 27.7 Å². The van der Waals surface area contributed by atoms with E-state index in [2.05, 4.69) is 0 Å². The van der Waals surface area contributed by atoms with Crippen molar-refractivity contribution in [2.24, 2.45) is 0 Å². The summed E-state index contributed by atoms with van der Waals surface area (Å²) in [6.45, 7) is 2.58. The molecule has 0 aromatic heterocycles. The summed E-state index contributed by atoms with van der Waals surface area (Å²) in [7, 11) is 5.30. The molecule has 0 amide bonds. The molecule has 0 atom stereocenters. The van der Waals surface area contributed by atoms with E-state index in [4.69, 9.17) is 14.2 Å². The van der Waals surface area contributed by atoms with Crippen LogP contribution in [0.3, 0.4) is 0 Å². The van der Waals surface area contributed by atoms with Gasteiger partial charge in [-0.25, -0.2) is 0 Å². The van der Waals surface area contributed by atoms with Crippen LogP contribution >= 0.6 is 7.92 Å². The molecular formula is C9H21O3P. The van der Waals surface area contributed by atoms with E-state index in [0.29, 0.717) is 0 Å². The van der Waals surface area contributed by atoms with Crippen LogP contribution in [0.25, 0.3) is 0 Å². The second-order valence-corrected chi connectivity index (χ2v) is 5.50. The van der Waals surface area contributed by atoms with Gasteiger partial charge in [0.1, 0.15) is 0 Å². The van der Waals surface area contributed by atoms with Crippen LogP contribution in [0.5, 0.6) is 0 Å². The van der Waals surface area contributed by atoms with Crippen LogP contribution in [0.2, 0.25) is 0 Å². The predicted octanol–water partition coefficient (Wildman–Crippen LogP) is 1.41. The van der Waals surface area contributed by atoms with Gasteiger partial charge >= 0.3 is 0 Å². The molecule has 0 aliphatic carbocycles. The molecule has 0 rings (SSSR count). The highest BCUT2D eigenvalue weighted by Gasteiger charge is 2.06. The molecule has 0 spiro atoms. The minimum Gasteiger partial charge on any atom is -0.384 e. The molecular weight excluding hydrogens is 187 g/mol. The van der Waals surface area contributed by atoms with Gasteiger partial charge in [0, 0.05) is 21.3 Å². The van der Waals surface area contributed by atoms with Gasteiger partial charge in [-0.05, 0) is 18.5 Å². The maximum Gasteiger partial charge on any atom is 0.0501 e.